The van der Waals surface area contributed by atoms with E-state index in [0.717, 1.165) is 22.3 Å². The molecule has 1 aliphatic rings. The molecule has 0 saturated heterocycles. The summed E-state index contributed by atoms with van der Waals surface area (Å²) in [5, 5.41) is 14.2. The molecule has 2 aromatic rings. The Hall–Kier alpha value is -3.43. The van der Waals surface area contributed by atoms with Crippen LogP contribution in [0.25, 0.3) is 11.1 Å². The van der Waals surface area contributed by atoms with Gasteiger partial charge in [-0.05, 0) is 29.2 Å². The van der Waals surface area contributed by atoms with E-state index in [4.69, 9.17) is 19.3 Å². The first-order chi connectivity index (χ1) is 16.9. The standard InChI is InChI=1S/C26H32N2O7/c1-3-34-18(13-25(30)31)15-27-24(29)12-17(33-2)14-28-26(32)35-16-23-21-10-6-4-8-19(21)20-9-5-7-11-22(20)23/h4-11,17-18,23H,3,12-16H2,1-2H3,(H,27,29)(H,28,32)(H,30,31). The molecule has 0 bridgehead atoms. The molecule has 188 valence electrons. The molecule has 2 aromatic carbocycles. The van der Waals surface area contributed by atoms with Crippen molar-refractivity contribution in [3.8, 4) is 11.1 Å². The van der Waals surface area contributed by atoms with E-state index in [1.54, 1.807) is 6.92 Å². The highest BCUT2D eigenvalue weighted by molar-refractivity contribution is 5.79. The van der Waals surface area contributed by atoms with Gasteiger partial charge in [-0.3, -0.25) is 9.59 Å². The molecular formula is C26H32N2O7. The fourth-order valence-electron chi connectivity index (χ4n) is 4.21. The van der Waals surface area contributed by atoms with Gasteiger partial charge in [0.2, 0.25) is 5.91 Å². The second-order valence-electron chi connectivity index (χ2n) is 8.25. The molecule has 2 atom stereocenters. The Bertz CT molecular complexity index is 981. The molecule has 2 unspecified atom stereocenters. The zero-order chi connectivity index (χ0) is 25.2. The molecule has 2 amide bonds. The van der Waals surface area contributed by atoms with E-state index in [1.165, 1.54) is 7.11 Å². The van der Waals surface area contributed by atoms with Crippen LogP contribution in [0.2, 0.25) is 0 Å². The van der Waals surface area contributed by atoms with Gasteiger partial charge in [-0.2, -0.15) is 0 Å². The predicted molar refractivity (Wildman–Crippen MR) is 129 cm³/mol. The van der Waals surface area contributed by atoms with Crippen molar-refractivity contribution in [1.82, 2.24) is 10.6 Å². The third kappa shape index (κ3) is 7.27. The van der Waals surface area contributed by atoms with Crippen LogP contribution in [0.15, 0.2) is 48.5 Å². The summed E-state index contributed by atoms with van der Waals surface area (Å²) in [7, 11) is 1.45. The van der Waals surface area contributed by atoms with Crippen LogP contribution >= 0.6 is 0 Å². The minimum Gasteiger partial charge on any atom is -0.481 e. The van der Waals surface area contributed by atoms with Gasteiger partial charge >= 0.3 is 12.1 Å². The van der Waals surface area contributed by atoms with Gasteiger partial charge in [-0.15, -0.1) is 0 Å². The summed E-state index contributed by atoms with van der Waals surface area (Å²) >= 11 is 0. The summed E-state index contributed by atoms with van der Waals surface area (Å²) in [6, 6.07) is 16.2. The number of hydrogen-bond donors (Lipinski definition) is 3. The number of aliphatic carboxylic acids is 1. The van der Waals surface area contributed by atoms with E-state index in [2.05, 4.69) is 22.8 Å². The fraction of sp³-hybridized carbons (Fsp3) is 0.423. The maximum absolute atomic E-state index is 12.4. The van der Waals surface area contributed by atoms with Gasteiger partial charge in [0.25, 0.3) is 0 Å². The molecule has 0 heterocycles. The number of fused-ring (bicyclic) bond motifs is 3. The molecule has 0 fully saturated rings. The highest BCUT2D eigenvalue weighted by atomic mass is 16.5. The van der Waals surface area contributed by atoms with Gasteiger partial charge < -0.3 is 30.0 Å². The molecule has 9 heteroatoms. The first kappa shape index (κ1) is 26.2. The van der Waals surface area contributed by atoms with Gasteiger partial charge in [0.1, 0.15) is 6.61 Å². The van der Waals surface area contributed by atoms with Gasteiger partial charge in [0.15, 0.2) is 0 Å². The molecular weight excluding hydrogens is 452 g/mol. The number of carboxylic acid groups (broad SMARTS) is 1. The number of hydrogen-bond acceptors (Lipinski definition) is 6. The van der Waals surface area contributed by atoms with Crippen molar-refractivity contribution in [2.24, 2.45) is 0 Å². The zero-order valence-electron chi connectivity index (χ0n) is 20.0. The molecule has 35 heavy (non-hydrogen) atoms. The van der Waals surface area contributed by atoms with Gasteiger partial charge in [0, 0.05) is 32.7 Å². The lowest BCUT2D eigenvalue weighted by atomic mass is 9.98. The lowest BCUT2D eigenvalue weighted by Crippen LogP contribution is -2.40. The number of benzene rings is 2. The van der Waals surface area contributed by atoms with E-state index in [1.807, 2.05) is 36.4 Å². The summed E-state index contributed by atoms with van der Waals surface area (Å²) in [6.45, 7) is 2.46. The molecule has 0 spiro atoms. The summed E-state index contributed by atoms with van der Waals surface area (Å²) in [6.07, 6.45) is -1.98. The fourth-order valence-corrected chi connectivity index (χ4v) is 4.21. The van der Waals surface area contributed by atoms with Gasteiger partial charge in [-0.1, -0.05) is 48.5 Å². The molecule has 1 aliphatic carbocycles. The maximum atomic E-state index is 12.4. The smallest absolute Gasteiger partial charge is 0.407 e. The number of rotatable bonds is 13. The number of nitrogens with one attached hydrogen (secondary N) is 2. The van der Waals surface area contributed by atoms with Gasteiger partial charge in [0.05, 0.1) is 25.0 Å². The highest BCUT2D eigenvalue weighted by Gasteiger charge is 2.29. The van der Waals surface area contributed by atoms with E-state index in [-0.39, 0.29) is 44.4 Å². The summed E-state index contributed by atoms with van der Waals surface area (Å²) in [5.74, 6) is -1.37. The minimum absolute atomic E-state index is 0.00786. The van der Waals surface area contributed by atoms with Crippen molar-refractivity contribution in [3.63, 3.8) is 0 Å². The first-order valence-electron chi connectivity index (χ1n) is 11.6. The minimum atomic E-state index is -1.00. The molecule has 9 nitrogen and oxygen atoms in total. The summed E-state index contributed by atoms with van der Waals surface area (Å²) in [5.41, 5.74) is 4.55. The molecule has 3 N–H and O–H groups in total. The SMILES string of the molecule is CCOC(CNC(=O)CC(CNC(=O)OCC1c2ccccc2-c2ccccc21)OC)CC(=O)O. The van der Waals surface area contributed by atoms with Crippen molar-refractivity contribution in [2.45, 2.75) is 37.9 Å². The van der Waals surface area contributed by atoms with Gasteiger partial charge in [-0.25, -0.2) is 4.79 Å². The quantitative estimate of drug-likeness (QED) is 0.399. The third-order valence-electron chi connectivity index (χ3n) is 5.90. The number of carbonyl (C=O) groups is 3. The van der Waals surface area contributed by atoms with E-state index in [0.29, 0.717) is 6.61 Å². The second-order valence-corrected chi connectivity index (χ2v) is 8.25. The van der Waals surface area contributed by atoms with Crippen molar-refractivity contribution >= 4 is 18.0 Å². The largest absolute Gasteiger partial charge is 0.481 e. The molecule has 0 aliphatic heterocycles. The average Bonchev–Trinajstić information content (AvgIpc) is 3.17. The maximum Gasteiger partial charge on any atom is 0.407 e. The molecule has 0 radical (unpaired) electrons. The Morgan fingerprint density at radius 2 is 1.51 bits per heavy atom. The van der Waals surface area contributed by atoms with Crippen molar-refractivity contribution in [1.29, 1.82) is 0 Å². The van der Waals surface area contributed by atoms with Crippen LogP contribution in [0.4, 0.5) is 4.79 Å². The highest BCUT2D eigenvalue weighted by Crippen LogP contribution is 2.44. The Kier molecular flexibility index (Phi) is 9.63. The number of amides is 2. The Labute approximate surface area is 204 Å². The van der Waals surface area contributed by atoms with Crippen molar-refractivity contribution < 1.29 is 33.7 Å². The number of methoxy groups -OCH3 is 1. The second kappa shape index (κ2) is 12.9. The Morgan fingerprint density at radius 1 is 0.914 bits per heavy atom. The van der Waals surface area contributed by atoms with Crippen LogP contribution in [-0.4, -0.2) is 68.7 Å². The number of alkyl carbamates (subject to hydrolysis) is 1. The molecule has 0 saturated carbocycles. The topological polar surface area (TPSA) is 123 Å². The Balaban J connectivity index is 1.45. The average molecular weight is 485 g/mol. The number of carboxylic acids is 1. The number of ether oxygens (including phenoxy) is 3. The lowest BCUT2D eigenvalue weighted by molar-refractivity contribution is -0.140. The van der Waals surface area contributed by atoms with E-state index in [9.17, 15) is 14.4 Å². The normalized spacial score (nSPS) is 13.9. The first-order valence-corrected chi connectivity index (χ1v) is 11.6. The van der Waals surface area contributed by atoms with E-state index < -0.39 is 24.3 Å². The van der Waals surface area contributed by atoms with Crippen LogP contribution in [0, 0.1) is 0 Å². The monoisotopic (exact) mass is 484 g/mol. The number of carbonyl (C=O) groups excluding carboxylic acids is 2. The van der Waals surface area contributed by atoms with Crippen LogP contribution in [0.3, 0.4) is 0 Å². The summed E-state index contributed by atoms with van der Waals surface area (Å²) < 4.78 is 16.1. The Morgan fingerprint density at radius 3 is 2.09 bits per heavy atom. The lowest BCUT2D eigenvalue weighted by Gasteiger charge is -2.19. The van der Waals surface area contributed by atoms with Crippen molar-refractivity contribution in [3.05, 3.63) is 59.7 Å². The summed E-state index contributed by atoms with van der Waals surface area (Å²) in [4.78, 5) is 35.5. The molecule has 0 aromatic heterocycles. The predicted octanol–water partition coefficient (Wildman–Crippen LogP) is 2.93. The van der Waals surface area contributed by atoms with Crippen LogP contribution in [-0.2, 0) is 23.8 Å². The van der Waals surface area contributed by atoms with Crippen LogP contribution in [0.5, 0.6) is 0 Å². The zero-order valence-corrected chi connectivity index (χ0v) is 20.0. The van der Waals surface area contributed by atoms with E-state index >= 15 is 0 Å². The van der Waals surface area contributed by atoms with Crippen LogP contribution < -0.4 is 10.6 Å². The van der Waals surface area contributed by atoms with Crippen molar-refractivity contribution in [2.75, 3.05) is 33.4 Å². The van der Waals surface area contributed by atoms with Crippen LogP contribution in [0.1, 0.15) is 36.8 Å². The molecule has 3 rings (SSSR count). The third-order valence-corrected chi connectivity index (χ3v) is 5.90.